The van der Waals surface area contributed by atoms with Gasteiger partial charge >= 0.3 is 6.18 Å². The second-order valence-corrected chi connectivity index (χ2v) is 10.1. The summed E-state index contributed by atoms with van der Waals surface area (Å²) in [5.74, 6) is 0.0443. The van der Waals surface area contributed by atoms with Gasteiger partial charge in [0.25, 0.3) is 10.0 Å². The minimum atomic E-state index is -4.52. The fraction of sp³-hybridized carbons (Fsp3) is 0.333. The Balaban J connectivity index is 1.49. The van der Waals surface area contributed by atoms with E-state index in [1.807, 2.05) is 0 Å². The molecule has 1 aromatic heterocycles. The predicted molar refractivity (Wildman–Crippen MR) is 123 cm³/mol. The number of aromatic nitrogens is 2. The van der Waals surface area contributed by atoms with Crippen molar-refractivity contribution in [2.24, 2.45) is 0 Å². The van der Waals surface area contributed by atoms with E-state index in [0.29, 0.717) is 42.9 Å². The van der Waals surface area contributed by atoms with Crippen LogP contribution in [0.2, 0.25) is 0 Å². The molecular formula is C24H22F3N3O5S. The van der Waals surface area contributed by atoms with E-state index in [2.05, 4.69) is 14.7 Å². The van der Waals surface area contributed by atoms with Gasteiger partial charge in [-0.15, -0.1) is 0 Å². The van der Waals surface area contributed by atoms with E-state index < -0.39 is 21.8 Å². The first-order valence-electron chi connectivity index (χ1n) is 11.2. The Bertz CT molecular complexity index is 1350. The zero-order valence-electron chi connectivity index (χ0n) is 18.9. The maximum absolute atomic E-state index is 13.4. The number of sulfonamides is 1. The van der Waals surface area contributed by atoms with Gasteiger partial charge in [0.1, 0.15) is 17.6 Å². The summed E-state index contributed by atoms with van der Waals surface area (Å²) in [4.78, 5) is 7.68. The van der Waals surface area contributed by atoms with Crippen LogP contribution in [0, 0.1) is 0 Å². The van der Waals surface area contributed by atoms with Gasteiger partial charge in [0.15, 0.2) is 0 Å². The minimum Gasteiger partial charge on any atom is -0.493 e. The van der Waals surface area contributed by atoms with E-state index in [1.165, 1.54) is 30.6 Å². The summed E-state index contributed by atoms with van der Waals surface area (Å²) < 4.78 is 85.3. The molecule has 0 amide bonds. The Kier molecular flexibility index (Phi) is 6.47. The number of hydrogen-bond donors (Lipinski definition) is 1. The van der Waals surface area contributed by atoms with Gasteiger partial charge in [-0.1, -0.05) is 12.1 Å². The molecule has 5 rings (SSSR count). The standard InChI is InChI=1S/C24H22F3N3O5S/c25-24(26,27)15-2-4-20(22(12-15)35-16-6-10-33-14-16)18-7-11-34-21-13-17(3-5-19(18)21)36(31,32)30-23-28-8-1-9-29-23/h1-5,8-9,12-13,16,18H,6-7,10-11,14H2,(H,28,29,30)/t16-,18?/m1/s1. The monoisotopic (exact) mass is 521 g/mol. The molecule has 3 heterocycles. The molecule has 0 aliphatic carbocycles. The topological polar surface area (TPSA) is 99.6 Å². The summed E-state index contributed by atoms with van der Waals surface area (Å²) in [5.41, 5.74) is 0.428. The number of fused-ring (bicyclic) bond motifs is 1. The molecule has 0 bridgehead atoms. The molecule has 3 aromatic rings. The van der Waals surface area contributed by atoms with Crippen molar-refractivity contribution in [1.82, 2.24) is 9.97 Å². The average molecular weight is 522 g/mol. The van der Waals surface area contributed by atoms with Gasteiger partial charge in [-0.3, -0.25) is 0 Å². The Morgan fingerprint density at radius 1 is 1.00 bits per heavy atom. The van der Waals surface area contributed by atoms with Gasteiger partial charge in [-0.2, -0.15) is 13.2 Å². The number of nitrogens with zero attached hydrogens (tertiary/aromatic N) is 2. The molecule has 0 radical (unpaired) electrons. The molecule has 0 spiro atoms. The van der Waals surface area contributed by atoms with Crippen LogP contribution in [0.5, 0.6) is 11.5 Å². The Hall–Kier alpha value is -3.38. The highest BCUT2D eigenvalue weighted by molar-refractivity contribution is 7.92. The quantitative estimate of drug-likeness (QED) is 0.514. The van der Waals surface area contributed by atoms with Gasteiger partial charge in [0, 0.05) is 41.9 Å². The van der Waals surface area contributed by atoms with Crippen LogP contribution >= 0.6 is 0 Å². The molecule has 12 heteroatoms. The molecule has 1 N–H and O–H groups in total. The van der Waals surface area contributed by atoms with Gasteiger partial charge in [-0.05, 0) is 30.7 Å². The van der Waals surface area contributed by atoms with Crippen LogP contribution < -0.4 is 14.2 Å². The van der Waals surface area contributed by atoms with E-state index in [1.54, 1.807) is 12.1 Å². The number of ether oxygens (including phenoxy) is 3. The highest BCUT2D eigenvalue weighted by atomic mass is 32.2. The molecule has 36 heavy (non-hydrogen) atoms. The molecular weight excluding hydrogens is 499 g/mol. The summed E-state index contributed by atoms with van der Waals surface area (Å²) >= 11 is 0. The Morgan fingerprint density at radius 2 is 1.78 bits per heavy atom. The third-order valence-corrected chi connectivity index (χ3v) is 7.35. The van der Waals surface area contributed by atoms with E-state index in [-0.39, 0.29) is 35.2 Å². The van der Waals surface area contributed by atoms with Crippen molar-refractivity contribution >= 4 is 16.0 Å². The molecule has 0 saturated carbocycles. The third-order valence-electron chi connectivity index (χ3n) is 6.02. The zero-order valence-corrected chi connectivity index (χ0v) is 19.7. The Morgan fingerprint density at radius 3 is 2.50 bits per heavy atom. The second kappa shape index (κ2) is 9.58. The van der Waals surface area contributed by atoms with Gasteiger partial charge < -0.3 is 14.2 Å². The molecule has 8 nitrogen and oxygen atoms in total. The van der Waals surface area contributed by atoms with Gasteiger partial charge in [0.05, 0.1) is 30.3 Å². The van der Waals surface area contributed by atoms with E-state index in [0.717, 1.165) is 12.1 Å². The van der Waals surface area contributed by atoms with E-state index in [9.17, 15) is 21.6 Å². The smallest absolute Gasteiger partial charge is 0.416 e. The van der Waals surface area contributed by atoms with Crippen LogP contribution in [0.1, 0.15) is 35.4 Å². The van der Waals surface area contributed by atoms with Crippen molar-refractivity contribution in [1.29, 1.82) is 0 Å². The lowest BCUT2D eigenvalue weighted by molar-refractivity contribution is -0.137. The zero-order chi connectivity index (χ0) is 25.3. The van der Waals surface area contributed by atoms with Crippen LogP contribution in [0.15, 0.2) is 59.8 Å². The molecule has 2 aliphatic rings. The second-order valence-electron chi connectivity index (χ2n) is 8.42. The number of halogens is 3. The number of nitrogens with one attached hydrogen (secondary N) is 1. The first-order valence-corrected chi connectivity index (χ1v) is 12.7. The van der Waals surface area contributed by atoms with Crippen molar-refractivity contribution in [3.63, 3.8) is 0 Å². The van der Waals surface area contributed by atoms with Crippen LogP contribution in [-0.4, -0.2) is 44.3 Å². The van der Waals surface area contributed by atoms with Crippen molar-refractivity contribution in [2.75, 3.05) is 24.5 Å². The fourth-order valence-electron chi connectivity index (χ4n) is 4.28. The van der Waals surface area contributed by atoms with Crippen LogP contribution in [0.4, 0.5) is 19.1 Å². The molecule has 1 fully saturated rings. The molecule has 1 saturated heterocycles. The lowest BCUT2D eigenvalue weighted by Crippen LogP contribution is -2.21. The maximum atomic E-state index is 13.4. The SMILES string of the molecule is O=S(=O)(Nc1ncccn1)c1ccc2c(c1)OCCC2c1ccc(C(F)(F)F)cc1O[C@@H]1CCOC1. The van der Waals surface area contributed by atoms with Crippen LogP contribution in [0.3, 0.4) is 0 Å². The van der Waals surface area contributed by atoms with E-state index in [4.69, 9.17) is 14.2 Å². The van der Waals surface area contributed by atoms with Crippen molar-refractivity contribution in [3.05, 3.63) is 71.5 Å². The molecule has 2 atom stereocenters. The summed E-state index contributed by atoms with van der Waals surface area (Å²) in [6.07, 6.45) is -0.975. The number of alkyl halides is 3. The van der Waals surface area contributed by atoms with Crippen molar-refractivity contribution in [3.8, 4) is 11.5 Å². The van der Waals surface area contributed by atoms with Crippen molar-refractivity contribution < 1.29 is 35.8 Å². The molecule has 2 aliphatic heterocycles. The van der Waals surface area contributed by atoms with Crippen molar-refractivity contribution in [2.45, 2.75) is 35.9 Å². The van der Waals surface area contributed by atoms with Gasteiger partial charge in [-0.25, -0.2) is 23.1 Å². The molecule has 2 aromatic carbocycles. The number of rotatable bonds is 6. The van der Waals surface area contributed by atoms with Crippen LogP contribution in [-0.2, 0) is 20.9 Å². The summed E-state index contributed by atoms with van der Waals surface area (Å²) in [7, 11) is -3.99. The first kappa shape index (κ1) is 24.3. The lowest BCUT2D eigenvalue weighted by atomic mass is 9.85. The third kappa shape index (κ3) is 5.09. The maximum Gasteiger partial charge on any atom is 0.416 e. The summed E-state index contributed by atoms with van der Waals surface area (Å²) in [6.45, 7) is 1.04. The van der Waals surface area contributed by atoms with Gasteiger partial charge in [0.2, 0.25) is 5.95 Å². The highest BCUT2D eigenvalue weighted by Crippen LogP contribution is 2.44. The minimum absolute atomic E-state index is 0.0543. The van der Waals surface area contributed by atoms with E-state index >= 15 is 0 Å². The summed E-state index contributed by atoms with van der Waals surface area (Å²) in [6, 6.07) is 9.45. The average Bonchev–Trinajstić information content (AvgIpc) is 3.36. The molecule has 190 valence electrons. The number of benzene rings is 2. The molecule has 1 unspecified atom stereocenters. The first-order chi connectivity index (χ1) is 17.2. The number of hydrogen-bond acceptors (Lipinski definition) is 7. The largest absolute Gasteiger partial charge is 0.493 e. The number of anilines is 1. The lowest BCUT2D eigenvalue weighted by Gasteiger charge is -2.29. The van der Waals surface area contributed by atoms with Crippen LogP contribution in [0.25, 0.3) is 0 Å². The summed E-state index contributed by atoms with van der Waals surface area (Å²) in [5, 5.41) is 0. The fourth-order valence-corrected chi connectivity index (χ4v) is 5.25. The predicted octanol–water partition coefficient (Wildman–Crippen LogP) is 4.38. The normalized spacial score (nSPS) is 19.9. The Labute approximate surface area is 205 Å². The highest BCUT2D eigenvalue weighted by Gasteiger charge is 2.34.